The number of amides is 1. The summed E-state index contributed by atoms with van der Waals surface area (Å²) < 4.78 is 0. The molecule has 0 spiro atoms. The van der Waals surface area contributed by atoms with Crippen LogP contribution in [0.3, 0.4) is 0 Å². The van der Waals surface area contributed by atoms with Gasteiger partial charge in [-0.3, -0.25) is 9.78 Å². The van der Waals surface area contributed by atoms with Crippen molar-refractivity contribution >= 4 is 5.91 Å². The van der Waals surface area contributed by atoms with E-state index in [0.29, 0.717) is 18.4 Å². The molecular formula is C18H24N2O. The van der Waals surface area contributed by atoms with Crippen LogP contribution in [0.4, 0.5) is 0 Å². The number of nitrogens with one attached hydrogen (secondary N) is 1. The topological polar surface area (TPSA) is 42.0 Å². The largest absolute Gasteiger partial charge is 0.356 e. The van der Waals surface area contributed by atoms with Gasteiger partial charge in [-0.15, -0.1) is 13.2 Å². The summed E-state index contributed by atoms with van der Waals surface area (Å²) >= 11 is 0. The Bertz CT molecular complexity index is 524. The lowest BCUT2D eigenvalue weighted by atomic mass is 10.00. The molecule has 3 atom stereocenters. The Hall–Kier alpha value is -1.90. The summed E-state index contributed by atoms with van der Waals surface area (Å²) in [4.78, 5) is 16.5. The summed E-state index contributed by atoms with van der Waals surface area (Å²) in [5.74, 6) is 1.02. The number of pyridine rings is 1. The molecule has 0 radical (unpaired) electrons. The van der Waals surface area contributed by atoms with Crippen LogP contribution in [0.5, 0.6) is 0 Å². The molecule has 0 bridgehead atoms. The van der Waals surface area contributed by atoms with E-state index in [1.807, 2.05) is 24.4 Å². The molecule has 0 aromatic carbocycles. The smallest absolute Gasteiger partial charge is 0.223 e. The standard InChI is InChI=1S/C18H24N2O/c1-4-6-9-20-18(21)16-12-15(16)14-8-10-19-17(11-14)13(3)7-5-2/h4-5,8,10-11,13,15-16H,1-2,6-7,9,12H2,3H3,(H,20,21)/t13-,15+,16+/m0/s1. The predicted molar refractivity (Wildman–Crippen MR) is 86.1 cm³/mol. The highest BCUT2D eigenvalue weighted by Gasteiger charge is 2.43. The van der Waals surface area contributed by atoms with Crippen LogP contribution >= 0.6 is 0 Å². The molecule has 3 nitrogen and oxygen atoms in total. The van der Waals surface area contributed by atoms with Gasteiger partial charge in [0.1, 0.15) is 0 Å². The molecule has 3 heteroatoms. The predicted octanol–water partition coefficient (Wildman–Crippen LogP) is 3.56. The number of carbonyl (C=O) groups excluding carboxylic acids is 1. The van der Waals surface area contributed by atoms with Crippen LogP contribution in [-0.4, -0.2) is 17.4 Å². The fourth-order valence-electron chi connectivity index (χ4n) is 2.62. The molecular weight excluding hydrogens is 260 g/mol. The monoisotopic (exact) mass is 284 g/mol. The molecule has 21 heavy (non-hydrogen) atoms. The normalized spacial score (nSPS) is 21.4. The van der Waals surface area contributed by atoms with E-state index < -0.39 is 0 Å². The van der Waals surface area contributed by atoms with Gasteiger partial charge in [-0.1, -0.05) is 19.1 Å². The van der Waals surface area contributed by atoms with Crippen LogP contribution in [0, 0.1) is 5.92 Å². The first-order valence-corrected chi connectivity index (χ1v) is 7.62. The second kappa shape index (κ2) is 7.21. The van der Waals surface area contributed by atoms with Gasteiger partial charge < -0.3 is 5.32 Å². The number of rotatable bonds is 8. The van der Waals surface area contributed by atoms with E-state index in [2.05, 4.69) is 36.4 Å². The maximum atomic E-state index is 12.0. The maximum Gasteiger partial charge on any atom is 0.223 e. The van der Waals surface area contributed by atoms with Gasteiger partial charge in [0.2, 0.25) is 5.91 Å². The van der Waals surface area contributed by atoms with Gasteiger partial charge in [0, 0.05) is 30.3 Å². The highest BCUT2D eigenvalue weighted by atomic mass is 16.2. The Morgan fingerprint density at radius 1 is 1.52 bits per heavy atom. The Balaban J connectivity index is 1.95. The van der Waals surface area contributed by atoms with Crippen molar-refractivity contribution in [3.63, 3.8) is 0 Å². The number of aromatic nitrogens is 1. The number of hydrogen-bond donors (Lipinski definition) is 1. The lowest BCUT2D eigenvalue weighted by molar-refractivity contribution is -0.122. The number of hydrogen-bond acceptors (Lipinski definition) is 2. The minimum Gasteiger partial charge on any atom is -0.356 e. The van der Waals surface area contributed by atoms with Gasteiger partial charge >= 0.3 is 0 Å². The molecule has 1 N–H and O–H groups in total. The van der Waals surface area contributed by atoms with Crippen molar-refractivity contribution in [2.75, 3.05) is 6.54 Å². The van der Waals surface area contributed by atoms with Gasteiger partial charge in [0.25, 0.3) is 0 Å². The number of nitrogens with zero attached hydrogens (tertiary/aromatic N) is 1. The zero-order valence-electron chi connectivity index (χ0n) is 12.7. The Labute approximate surface area is 127 Å². The van der Waals surface area contributed by atoms with Crippen LogP contribution < -0.4 is 5.32 Å². The third kappa shape index (κ3) is 4.03. The average Bonchev–Trinajstić information content (AvgIpc) is 3.28. The van der Waals surface area contributed by atoms with E-state index in [-0.39, 0.29) is 11.8 Å². The zero-order valence-corrected chi connectivity index (χ0v) is 12.7. The summed E-state index contributed by atoms with van der Waals surface area (Å²) in [6, 6.07) is 4.18. The average molecular weight is 284 g/mol. The lowest BCUT2D eigenvalue weighted by Crippen LogP contribution is -2.26. The second-order valence-corrected chi connectivity index (χ2v) is 5.76. The van der Waals surface area contributed by atoms with Gasteiger partial charge in [0.05, 0.1) is 0 Å². The summed E-state index contributed by atoms with van der Waals surface area (Å²) in [7, 11) is 0. The first-order valence-electron chi connectivity index (χ1n) is 7.62. The van der Waals surface area contributed by atoms with E-state index in [0.717, 1.165) is 25.0 Å². The fourth-order valence-corrected chi connectivity index (χ4v) is 2.62. The van der Waals surface area contributed by atoms with Crippen molar-refractivity contribution < 1.29 is 4.79 Å². The number of allylic oxidation sites excluding steroid dienone is 1. The van der Waals surface area contributed by atoms with Gasteiger partial charge in [-0.2, -0.15) is 0 Å². The van der Waals surface area contributed by atoms with E-state index in [4.69, 9.17) is 0 Å². The molecule has 1 fully saturated rings. The molecule has 1 aromatic heterocycles. The first-order chi connectivity index (χ1) is 10.2. The van der Waals surface area contributed by atoms with Crippen LogP contribution in [0.2, 0.25) is 0 Å². The Morgan fingerprint density at radius 3 is 3.05 bits per heavy atom. The third-order valence-corrected chi connectivity index (χ3v) is 4.03. The Kier molecular flexibility index (Phi) is 5.32. The quantitative estimate of drug-likeness (QED) is 0.586. The maximum absolute atomic E-state index is 12.0. The summed E-state index contributed by atoms with van der Waals surface area (Å²) in [6.45, 7) is 10.3. The molecule has 1 aliphatic carbocycles. The molecule has 0 unspecified atom stereocenters. The highest BCUT2D eigenvalue weighted by molar-refractivity contribution is 5.82. The second-order valence-electron chi connectivity index (χ2n) is 5.76. The molecule has 0 saturated heterocycles. The molecule has 1 aromatic rings. The minimum absolute atomic E-state index is 0.125. The van der Waals surface area contributed by atoms with Gasteiger partial charge in [0.15, 0.2) is 0 Å². The van der Waals surface area contributed by atoms with E-state index in [9.17, 15) is 4.79 Å². The fraction of sp³-hybridized carbons (Fsp3) is 0.444. The van der Waals surface area contributed by atoms with Crippen LogP contribution in [-0.2, 0) is 4.79 Å². The SMILES string of the molecule is C=CCCNC(=O)[C@@H]1C[C@@H]1c1ccnc([C@@H](C)CC=C)c1. The van der Waals surface area contributed by atoms with Crippen molar-refractivity contribution in [3.8, 4) is 0 Å². The van der Waals surface area contributed by atoms with Crippen LogP contribution in [0.15, 0.2) is 43.6 Å². The summed E-state index contributed by atoms with van der Waals surface area (Å²) in [5, 5.41) is 2.96. The molecule has 1 aliphatic rings. The van der Waals surface area contributed by atoms with Crippen molar-refractivity contribution in [2.45, 2.75) is 38.0 Å². The molecule has 1 heterocycles. The molecule has 2 rings (SSSR count). The summed E-state index contributed by atoms with van der Waals surface area (Å²) in [5.41, 5.74) is 2.32. The van der Waals surface area contributed by atoms with Crippen molar-refractivity contribution in [1.29, 1.82) is 0 Å². The van der Waals surface area contributed by atoms with E-state index in [1.165, 1.54) is 5.56 Å². The summed E-state index contributed by atoms with van der Waals surface area (Å²) in [6.07, 6.45) is 8.29. The van der Waals surface area contributed by atoms with E-state index >= 15 is 0 Å². The number of carbonyl (C=O) groups is 1. The van der Waals surface area contributed by atoms with Crippen LogP contribution in [0.25, 0.3) is 0 Å². The third-order valence-electron chi connectivity index (χ3n) is 4.03. The van der Waals surface area contributed by atoms with Crippen molar-refractivity contribution in [3.05, 3.63) is 54.9 Å². The van der Waals surface area contributed by atoms with Crippen LogP contribution in [0.1, 0.15) is 49.3 Å². The van der Waals surface area contributed by atoms with E-state index in [1.54, 1.807) is 0 Å². The molecule has 112 valence electrons. The Morgan fingerprint density at radius 2 is 2.33 bits per heavy atom. The van der Waals surface area contributed by atoms with Gasteiger partial charge in [-0.05, 0) is 42.9 Å². The minimum atomic E-state index is 0.125. The zero-order chi connectivity index (χ0) is 15.2. The lowest BCUT2D eigenvalue weighted by Gasteiger charge is -2.10. The highest BCUT2D eigenvalue weighted by Crippen LogP contribution is 2.47. The molecule has 1 amide bonds. The van der Waals surface area contributed by atoms with Crippen molar-refractivity contribution in [1.82, 2.24) is 10.3 Å². The van der Waals surface area contributed by atoms with Gasteiger partial charge in [-0.25, -0.2) is 0 Å². The van der Waals surface area contributed by atoms with Crippen molar-refractivity contribution in [2.24, 2.45) is 5.92 Å². The molecule has 1 saturated carbocycles. The molecule has 0 aliphatic heterocycles. The first kappa shape index (κ1) is 15.5.